The van der Waals surface area contributed by atoms with Crippen LogP contribution < -0.4 is 27.8 Å². The number of carbonyl (C=O) groups is 4. The number of carbonyl (C=O) groups excluding carboxylic acids is 2. The molecule has 2 amide bonds. The molecule has 160 valence electrons. The Balaban J connectivity index is 4.88. The van der Waals surface area contributed by atoms with Crippen molar-refractivity contribution in [2.75, 3.05) is 18.6 Å². The summed E-state index contributed by atoms with van der Waals surface area (Å²) in [6, 6.07) is -3.66. The van der Waals surface area contributed by atoms with E-state index in [0.29, 0.717) is 12.2 Å². The second kappa shape index (κ2) is 13.6. The number of amides is 2. The summed E-state index contributed by atoms with van der Waals surface area (Å²) in [7, 11) is 0. The number of hydrogen-bond acceptors (Lipinski definition) is 7. The molecule has 0 heterocycles. The highest BCUT2D eigenvalue weighted by atomic mass is 32.2. The van der Waals surface area contributed by atoms with Gasteiger partial charge in [0, 0.05) is 6.54 Å². The van der Waals surface area contributed by atoms with Crippen molar-refractivity contribution in [3.63, 3.8) is 0 Å². The highest BCUT2D eigenvalue weighted by Gasteiger charge is 2.29. The molecule has 0 rings (SSSR count). The molecule has 3 unspecified atom stereocenters. The molecule has 0 aromatic carbocycles. The van der Waals surface area contributed by atoms with E-state index in [1.807, 2.05) is 0 Å². The van der Waals surface area contributed by atoms with Crippen molar-refractivity contribution in [1.82, 2.24) is 10.6 Å². The Kier molecular flexibility index (Phi) is 12.4. The summed E-state index contributed by atoms with van der Waals surface area (Å²) in [5, 5.41) is 22.6. The summed E-state index contributed by atoms with van der Waals surface area (Å²) in [4.78, 5) is 50.4. The fourth-order valence-corrected chi connectivity index (χ4v) is 2.55. The van der Waals surface area contributed by atoms with Crippen LogP contribution in [0.2, 0.25) is 0 Å². The first-order valence-electron chi connectivity index (χ1n) is 8.43. The van der Waals surface area contributed by atoms with E-state index in [1.54, 1.807) is 6.26 Å². The molecule has 28 heavy (non-hydrogen) atoms. The van der Waals surface area contributed by atoms with Crippen molar-refractivity contribution in [1.29, 1.82) is 0 Å². The molecular weight excluding hydrogens is 392 g/mol. The lowest BCUT2D eigenvalue weighted by molar-refractivity contribution is -0.143. The standard InChI is InChI=1S/C15H28N6O6S/c1-28-6-4-9(14(26)27)20-13(25)10(7-11(22)23)21-12(24)8(16)3-2-5-19-15(17)18/h8-10H,2-7,16H2,1H3,(H,20,25)(H,21,24)(H,22,23)(H,26,27)(H4,17,18,19). The Bertz CT molecular complexity index is 583. The summed E-state index contributed by atoms with van der Waals surface area (Å²) in [6.45, 7) is 0.262. The van der Waals surface area contributed by atoms with Crippen molar-refractivity contribution in [2.24, 2.45) is 22.2 Å². The van der Waals surface area contributed by atoms with Crippen LogP contribution in [0.25, 0.3) is 0 Å². The monoisotopic (exact) mass is 420 g/mol. The van der Waals surface area contributed by atoms with Gasteiger partial charge in [-0.2, -0.15) is 11.8 Å². The summed E-state index contributed by atoms with van der Waals surface area (Å²) < 4.78 is 0. The molecule has 13 heteroatoms. The Morgan fingerprint density at radius 2 is 1.64 bits per heavy atom. The van der Waals surface area contributed by atoms with Gasteiger partial charge in [0.25, 0.3) is 0 Å². The molecule has 0 saturated carbocycles. The predicted octanol–water partition coefficient (Wildman–Crippen LogP) is -2.35. The normalized spacial score (nSPS) is 13.6. The van der Waals surface area contributed by atoms with Gasteiger partial charge >= 0.3 is 11.9 Å². The van der Waals surface area contributed by atoms with Gasteiger partial charge in [0.2, 0.25) is 11.8 Å². The largest absolute Gasteiger partial charge is 0.481 e. The predicted molar refractivity (Wildman–Crippen MR) is 105 cm³/mol. The summed E-state index contributed by atoms with van der Waals surface area (Å²) in [6.07, 6.45) is 1.82. The topological polar surface area (TPSA) is 223 Å². The molecule has 0 aliphatic carbocycles. The molecule has 0 aromatic heterocycles. The Morgan fingerprint density at radius 1 is 1.04 bits per heavy atom. The summed E-state index contributed by atoms with van der Waals surface area (Å²) >= 11 is 1.40. The van der Waals surface area contributed by atoms with Gasteiger partial charge in [-0.25, -0.2) is 4.79 Å². The number of nitrogens with two attached hydrogens (primary N) is 3. The van der Waals surface area contributed by atoms with Gasteiger partial charge in [-0.05, 0) is 31.3 Å². The first-order chi connectivity index (χ1) is 13.1. The first-order valence-corrected chi connectivity index (χ1v) is 9.83. The van der Waals surface area contributed by atoms with Gasteiger partial charge in [-0.1, -0.05) is 0 Å². The minimum absolute atomic E-state index is 0.0920. The molecule has 12 nitrogen and oxygen atoms in total. The lowest BCUT2D eigenvalue weighted by Crippen LogP contribution is -2.55. The molecule has 0 bridgehead atoms. The smallest absolute Gasteiger partial charge is 0.326 e. The Labute approximate surface area is 166 Å². The van der Waals surface area contributed by atoms with Crippen LogP contribution in [0.15, 0.2) is 4.99 Å². The van der Waals surface area contributed by atoms with Gasteiger partial charge in [0.1, 0.15) is 12.1 Å². The number of carboxylic acids is 2. The Hall–Kier alpha value is -2.54. The maximum absolute atomic E-state index is 12.3. The van der Waals surface area contributed by atoms with Crippen molar-refractivity contribution in [2.45, 2.75) is 43.8 Å². The van der Waals surface area contributed by atoms with Crippen LogP contribution in [0, 0.1) is 0 Å². The van der Waals surface area contributed by atoms with Crippen LogP contribution in [0.1, 0.15) is 25.7 Å². The van der Waals surface area contributed by atoms with Gasteiger partial charge in [-0.15, -0.1) is 0 Å². The number of aliphatic carboxylic acids is 2. The summed E-state index contributed by atoms with van der Waals surface area (Å²) in [5.41, 5.74) is 16.1. The average molecular weight is 420 g/mol. The fraction of sp³-hybridized carbons (Fsp3) is 0.667. The number of carboxylic acid groups (broad SMARTS) is 2. The fourth-order valence-electron chi connectivity index (χ4n) is 2.08. The third kappa shape index (κ3) is 11.2. The third-order valence-electron chi connectivity index (χ3n) is 3.54. The first kappa shape index (κ1) is 25.5. The van der Waals surface area contributed by atoms with Crippen molar-refractivity contribution >= 4 is 41.5 Å². The molecule has 0 saturated heterocycles. The number of guanidine groups is 1. The lowest BCUT2D eigenvalue weighted by atomic mass is 10.1. The number of rotatable bonds is 14. The molecule has 0 aromatic rings. The van der Waals surface area contributed by atoms with E-state index in [9.17, 15) is 19.2 Å². The zero-order valence-corrected chi connectivity index (χ0v) is 16.4. The lowest BCUT2D eigenvalue weighted by Gasteiger charge is -2.21. The van der Waals surface area contributed by atoms with E-state index in [1.165, 1.54) is 11.8 Å². The van der Waals surface area contributed by atoms with E-state index < -0.39 is 48.3 Å². The van der Waals surface area contributed by atoms with Gasteiger partial charge in [0.15, 0.2) is 5.96 Å². The van der Waals surface area contributed by atoms with Crippen LogP contribution in [0.5, 0.6) is 0 Å². The van der Waals surface area contributed by atoms with Crippen molar-refractivity contribution in [3.8, 4) is 0 Å². The maximum atomic E-state index is 12.3. The highest BCUT2D eigenvalue weighted by Crippen LogP contribution is 2.04. The van der Waals surface area contributed by atoms with E-state index in [4.69, 9.17) is 27.4 Å². The maximum Gasteiger partial charge on any atom is 0.326 e. The van der Waals surface area contributed by atoms with E-state index in [-0.39, 0.29) is 25.3 Å². The second-order valence-electron chi connectivity index (χ2n) is 5.90. The average Bonchev–Trinajstić information content (AvgIpc) is 2.60. The number of hydrogen-bond donors (Lipinski definition) is 7. The van der Waals surface area contributed by atoms with E-state index in [2.05, 4.69) is 15.6 Å². The molecule has 10 N–H and O–H groups in total. The number of aliphatic imine (C=N–C) groups is 1. The molecule has 0 aliphatic heterocycles. The van der Waals surface area contributed by atoms with Gasteiger partial charge < -0.3 is 38.0 Å². The molecular formula is C15H28N6O6S. The quantitative estimate of drug-likeness (QED) is 0.0899. The minimum atomic E-state index is -1.45. The zero-order chi connectivity index (χ0) is 21.7. The number of nitrogens with one attached hydrogen (secondary N) is 2. The van der Waals surface area contributed by atoms with Crippen LogP contribution in [0.4, 0.5) is 0 Å². The van der Waals surface area contributed by atoms with Crippen LogP contribution in [-0.4, -0.2) is 76.6 Å². The molecule has 3 atom stereocenters. The van der Waals surface area contributed by atoms with Gasteiger partial charge in [0.05, 0.1) is 12.5 Å². The zero-order valence-electron chi connectivity index (χ0n) is 15.6. The third-order valence-corrected chi connectivity index (χ3v) is 4.19. The number of nitrogens with zero attached hydrogens (tertiary/aromatic N) is 1. The summed E-state index contributed by atoms with van der Waals surface area (Å²) in [5.74, 6) is -3.84. The minimum Gasteiger partial charge on any atom is -0.481 e. The van der Waals surface area contributed by atoms with Crippen LogP contribution in [0.3, 0.4) is 0 Å². The Morgan fingerprint density at radius 3 is 2.14 bits per heavy atom. The highest BCUT2D eigenvalue weighted by molar-refractivity contribution is 7.98. The van der Waals surface area contributed by atoms with Crippen LogP contribution >= 0.6 is 11.8 Å². The molecule has 0 radical (unpaired) electrons. The molecule has 0 spiro atoms. The number of thioether (sulfide) groups is 1. The van der Waals surface area contributed by atoms with Crippen molar-refractivity contribution in [3.05, 3.63) is 0 Å². The van der Waals surface area contributed by atoms with Gasteiger partial charge in [-0.3, -0.25) is 19.4 Å². The molecule has 0 aliphatic rings. The molecule has 0 fully saturated rings. The SMILES string of the molecule is CSCCC(NC(=O)C(CC(=O)O)NC(=O)C(N)CCCN=C(N)N)C(=O)O. The van der Waals surface area contributed by atoms with Crippen molar-refractivity contribution < 1.29 is 29.4 Å². The van der Waals surface area contributed by atoms with E-state index in [0.717, 1.165) is 0 Å². The van der Waals surface area contributed by atoms with E-state index >= 15 is 0 Å². The van der Waals surface area contributed by atoms with Crippen LogP contribution in [-0.2, 0) is 19.2 Å². The second-order valence-corrected chi connectivity index (χ2v) is 6.88.